The summed E-state index contributed by atoms with van der Waals surface area (Å²) in [4.78, 5) is 4.12. The molecule has 0 saturated carbocycles. The van der Waals surface area contributed by atoms with E-state index in [1.807, 2.05) is 30.3 Å². The van der Waals surface area contributed by atoms with E-state index in [1.54, 1.807) is 7.05 Å². The zero-order valence-electron chi connectivity index (χ0n) is 14.9. The molecule has 3 N–H and O–H groups in total. The van der Waals surface area contributed by atoms with Gasteiger partial charge in [-0.2, -0.15) is 0 Å². The molecular weight excluding hydrogens is 324 g/mol. The Morgan fingerprint density at radius 2 is 1.79 bits per heavy atom. The van der Waals surface area contributed by atoms with Gasteiger partial charge in [-0.1, -0.05) is 57.0 Å². The van der Waals surface area contributed by atoms with E-state index in [2.05, 4.69) is 34.2 Å². The second-order valence-electron chi connectivity index (χ2n) is 5.69. The van der Waals surface area contributed by atoms with E-state index in [9.17, 15) is 8.42 Å². The molecule has 0 aliphatic carbocycles. The summed E-state index contributed by atoms with van der Waals surface area (Å²) in [5.41, 5.74) is 0.941. The number of rotatable bonds is 10. The van der Waals surface area contributed by atoms with Crippen molar-refractivity contribution in [1.82, 2.24) is 15.4 Å². The zero-order chi connectivity index (χ0) is 17.8. The maximum absolute atomic E-state index is 12.0. The van der Waals surface area contributed by atoms with Crippen molar-refractivity contribution < 1.29 is 8.42 Å². The first kappa shape index (κ1) is 20.4. The van der Waals surface area contributed by atoms with Gasteiger partial charge in [-0.3, -0.25) is 4.99 Å². The van der Waals surface area contributed by atoms with Crippen molar-refractivity contribution in [2.24, 2.45) is 10.9 Å². The number of hydrogen-bond acceptors (Lipinski definition) is 3. The lowest BCUT2D eigenvalue weighted by Gasteiger charge is -2.16. The minimum Gasteiger partial charge on any atom is -0.356 e. The molecule has 0 unspecified atom stereocenters. The molecular formula is C17H30N4O2S. The fourth-order valence-electron chi connectivity index (χ4n) is 2.20. The molecule has 0 heterocycles. The van der Waals surface area contributed by atoms with Crippen LogP contribution in [0.3, 0.4) is 0 Å². The summed E-state index contributed by atoms with van der Waals surface area (Å²) in [7, 11) is -1.63. The highest BCUT2D eigenvalue weighted by molar-refractivity contribution is 7.89. The van der Waals surface area contributed by atoms with Crippen LogP contribution in [-0.2, 0) is 16.6 Å². The van der Waals surface area contributed by atoms with Gasteiger partial charge in [-0.15, -0.1) is 0 Å². The minimum atomic E-state index is -3.32. The highest BCUT2D eigenvalue weighted by Crippen LogP contribution is 2.04. The Morgan fingerprint density at radius 3 is 2.38 bits per heavy atom. The molecule has 24 heavy (non-hydrogen) atoms. The molecule has 1 aromatic carbocycles. The average molecular weight is 355 g/mol. The lowest BCUT2D eigenvalue weighted by atomic mass is 10.0. The Hall–Kier alpha value is -1.60. The first-order valence-electron chi connectivity index (χ1n) is 8.46. The van der Waals surface area contributed by atoms with Crippen molar-refractivity contribution in [3.8, 4) is 0 Å². The number of nitrogens with zero attached hydrogens (tertiary/aromatic N) is 1. The van der Waals surface area contributed by atoms with Crippen molar-refractivity contribution in [2.45, 2.75) is 33.2 Å². The Bertz CT molecular complexity index is 584. The summed E-state index contributed by atoms with van der Waals surface area (Å²) in [6, 6.07) is 9.47. The summed E-state index contributed by atoms with van der Waals surface area (Å²) in [6.45, 7) is 5.79. The topological polar surface area (TPSA) is 82.6 Å². The second kappa shape index (κ2) is 11.0. The molecule has 7 heteroatoms. The van der Waals surface area contributed by atoms with E-state index in [4.69, 9.17) is 0 Å². The summed E-state index contributed by atoms with van der Waals surface area (Å²) >= 11 is 0. The Labute approximate surface area is 146 Å². The third kappa shape index (κ3) is 8.31. The van der Waals surface area contributed by atoms with Crippen molar-refractivity contribution in [2.75, 3.05) is 25.9 Å². The molecule has 0 spiro atoms. The molecule has 0 amide bonds. The maximum atomic E-state index is 12.0. The molecule has 1 rings (SSSR count). The molecule has 0 aliphatic heterocycles. The van der Waals surface area contributed by atoms with Crippen LogP contribution in [0.15, 0.2) is 35.3 Å². The van der Waals surface area contributed by atoms with Crippen molar-refractivity contribution in [3.05, 3.63) is 35.9 Å². The van der Waals surface area contributed by atoms with Gasteiger partial charge in [0.1, 0.15) is 0 Å². The van der Waals surface area contributed by atoms with Crippen LogP contribution in [-0.4, -0.2) is 40.3 Å². The van der Waals surface area contributed by atoms with Crippen LogP contribution < -0.4 is 15.4 Å². The van der Waals surface area contributed by atoms with Gasteiger partial charge >= 0.3 is 0 Å². The summed E-state index contributed by atoms with van der Waals surface area (Å²) in [6.07, 6.45) is 2.22. The van der Waals surface area contributed by atoms with Crippen LogP contribution in [0, 0.1) is 5.92 Å². The highest BCUT2D eigenvalue weighted by atomic mass is 32.2. The van der Waals surface area contributed by atoms with Gasteiger partial charge in [-0.05, 0) is 11.5 Å². The quantitative estimate of drug-likeness (QED) is 0.441. The van der Waals surface area contributed by atoms with E-state index in [1.165, 1.54) is 0 Å². The Balaban J connectivity index is 2.33. The van der Waals surface area contributed by atoms with E-state index < -0.39 is 10.0 Å². The van der Waals surface area contributed by atoms with Crippen LogP contribution >= 0.6 is 0 Å². The van der Waals surface area contributed by atoms with E-state index >= 15 is 0 Å². The van der Waals surface area contributed by atoms with Gasteiger partial charge in [0, 0.05) is 26.7 Å². The number of guanidine groups is 1. The molecule has 0 atom stereocenters. The van der Waals surface area contributed by atoms with Gasteiger partial charge in [-0.25, -0.2) is 13.1 Å². The molecule has 0 fully saturated rings. The SMILES string of the molecule is CCC(CC)CNC(=NC)NCCS(=O)(=O)NCc1ccccc1. The molecule has 136 valence electrons. The van der Waals surface area contributed by atoms with E-state index in [-0.39, 0.29) is 5.75 Å². The standard InChI is InChI=1S/C17H30N4O2S/c1-4-15(5-2)13-20-17(18-3)19-11-12-24(22,23)21-14-16-9-7-6-8-10-16/h6-10,15,21H,4-5,11-14H2,1-3H3,(H2,18,19,20). The normalized spacial score (nSPS) is 12.4. The largest absolute Gasteiger partial charge is 0.356 e. The van der Waals surface area contributed by atoms with Gasteiger partial charge in [0.15, 0.2) is 5.96 Å². The molecule has 1 aromatic rings. The van der Waals surface area contributed by atoms with Crippen molar-refractivity contribution >= 4 is 16.0 Å². The molecule has 0 aromatic heterocycles. The second-order valence-corrected chi connectivity index (χ2v) is 7.61. The third-order valence-corrected chi connectivity index (χ3v) is 5.26. The molecule has 6 nitrogen and oxygen atoms in total. The average Bonchev–Trinajstić information content (AvgIpc) is 2.60. The predicted molar refractivity (Wildman–Crippen MR) is 101 cm³/mol. The first-order valence-corrected chi connectivity index (χ1v) is 10.1. The van der Waals surface area contributed by atoms with Gasteiger partial charge in [0.2, 0.25) is 10.0 Å². The van der Waals surface area contributed by atoms with E-state index in [0.29, 0.717) is 25.0 Å². The predicted octanol–water partition coefficient (Wildman–Crippen LogP) is 1.71. The summed E-state index contributed by atoms with van der Waals surface area (Å²) in [5, 5.41) is 6.29. The van der Waals surface area contributed by atoms with Crippen LogP contribution in [0.25, 0.3) is 0 Å². The summed E-state index contributed by atoms with van der Waals surface area (Å²) in [5.74, 6) is 1.24. The lowest BCUT2D eigenvalue weighted by Crippen LogP contribution is -2.42. The molecule has 0 saturated heterocycles. The number of sulfonamides is 1. The molecule has 0 radical (unpaired) electrons. The highest BCUT2D eigenvalue weighted by Gasteiger charge is 2.10. The first-order chi connectivity index (χ1) is 11.5. The number of aliphatic imine (C=N–C) groups is 1. The lowest BCUT2D eigenvalue weighted by molar-refractivity contribution is 0.481. The van der Waals surface area contributed by atoms with Gasteiger partial charge in [0.25, 0.3) is 0 Å². The van der Waals surface area contributed by atoms with Gasteiger partial charge in [0.05, 0.1) is 5.75 Å². The number of hydrogen-bond donors (Lipinski definition) is 3. The Morgan fingerprint density at radius 1 is 1.12 bits per heavy atom. The van der Waals surface area contributed by atoms with E-state index in [0.717, 1.165) is 24.9 Å². The van der Waals surface area contributed by atoms with Crippen molar-refractivity contribution in [3.63, 3.8) is 0 Å². The smallest absolute Gasteiger partial charge is 0.213 e. The number of benzene rings is 1. The molecule has 0 aliphatic rings. The monoisotopic (exact) mass is 354 g/mol. The van der Waals surface area contributed by atoms with Gasteiger partial charge < -0.3 is 10.6 Å². The summed E-state index contributed by atoms with van der Waals surface area (Å²) < 4.78 is 26.6. The van der Waals surface area contributed by atoms with Crippen LogP contribution in [0.1, 0.15) is 32.3 Å². The van der Waals surface area contributed by atoms with Crippen LogP contribution in [0.4, 0.5) is 0 Å². The van der Waals surface area contributed by atoms with Crippen LogP contribution in [0.5, 0.6) is 0 Å². The maximum Gasteiger partial charge on any atom is 0.213 e. The van der Waals surface area contributed by atoms with Crippen LogP contribution in [0.2, 0.25) is 0 Å². The minimum absolute atomic E-state index is 0.00547. The Kier molecular flexibility index (Phi) is 9.41. The van der Waals surface area contributed by atoms with Crippen molar-refractivity contribution in [1.29, 1.82) is 0 Å². The fraction of sp³-hybridized carbons (Fsp3) is 0.588. The third-order valence-electron chi connectivity index (χ3n) is 3.94. The zero-order valence-corrected chi connectivity index (χ0v) is 15.7. The number of nitrogens with one attached hydrogen (secondary N) is 3. The fourth-order valence-corrected chi connectivity index (χ4v) is 3.11. The molecule has 0 bridgehead atoms.